The highest BCUT2D eigenvalue weighted by molar-refractivity contribution is 6.13. The van der Waals surface area contributed by atoms with E-state index in [1.165, 1.54) is 110 Å². The quantitative estimate of drug-likeness (QED) is 0.144. The maximum absolute atomic E-state index is 2.41. The van der Waals surface area contributed by atoms with Gasteiger partial charge in [0.25, 0.3) is 0 Å². The van der Waals surface area contributed by atoms with E-state index >= 15 is 0 Å². The number of hydrogen-bond acceptors (Lipinski definition) is 0. The van der Waals surface area contributed by atoms with Gasteiger partial charge in [0.2, 0.25) is 0 Å². The Morgan fingerprint density at radius 3 is 0.912 bits per heavy atom. The number of aromatic nitrogens is 2. The monoisotopic (exact) mass is 864 g/mol. The van der Waals surface area contributed by atoms with E-state index < -0.39 is 0 Å². The first-order valence-corrected chi connectivity index (χ1v) is 23.4. The van der Waals surface area contributed by atoms with E-state index in [4.69, 9.17) is 0 Å². The molecule has 0 aliphatic rings. The summed E-state index contributed by atoms with van der Waals surface area (Å²) in [6.45, 7) is 0. The molecule has 0 N–H and O–H groups in total. The molecule has 68 heavy (non-hydrogen) atoms. The molecule has 0 saturated heterocycles. The number of para-hydroxylation sites is 3. The minimum Gasteiger partial charge on any atom is -0.309 e. The smallest absolute Gasteiger partial charge is 0.0541 e. The standard InChI is InChI=1S/C66H44N2/c1-4-20-45(21-5-1)46-36-39-65-61(42-46)62-44-48(38-41-66(62)68(65)50-24-8-3-9-25-50)52-27-11-13-29-54(52)56-31-15-17-33-58(56)57-32-16-14-30-55(57)53-28-12-10-26-51(53)47-37-40-64-60(43-47)59-34-18-19-35-63(59)67(64)49-22-6-2-7-23-49/h1-44H. The Morgan fingerprint density at radius 2 is 0.471 bits per heavy atom. The predicted molar refractivity (Wildman–Crippen MR) is 288 cm³/mol. The zero-order valence-corrected chi connectivity index (χ0v) is 37.3. The summed E-state index contributed by atoms with van der Waals surface area (Å²) in [6, 6.07) is 97.5. The number of benzene rings is 11. The van der Waals surface area contributed by atoms with E-state index in [1.54, 1.807) is 0 Å². The van der Waals surface area contributed by atoms with Gasteiger partial charge in [-0.25, -0.2) is 0 Å². The van der Waals surface area contributed by atoms with Crippen LogP contribution in [0.1, 0.15) is 0 Å². The summed E-state index contributed by atoms with van der Waals surface area (Å²) in [5.74, 6) is 0. The highest BCUT2D eigenvalue weighted by Gasteiger charge is 2.20. The third-order valence-corrected chi connectivity index (χ3v) is 13.8. The fraction of sp³-hybridized carbons (Fsp3) is 0. The lowest BCUT2D eigenvalue weighted by atomic mass is 9.85. The molecule has 0 atom stereocenters. The van der Waals surface area contributed by atoms with Gasteiger partial charge >= 0.3 is 0 Å². The Labute approximate surface area is 395 Å². The second kappa shape index (κ2) is 16.5. The summed E-state index contributed by atoms with van der Waals surface area (Å²) < 4.78 is 4.79. The minimum absolute atomic E-state index is 1.15. The van der Waals surface area contributed by atoms with Crippen molar-refractivity contribution in [1.82, 2.24) is 9.13 Å². The zero-order chi connectivity index (χ0) is 45.0. The van der Waals surface area contributed by atoms with Gasteiger partial charge in [0, 0.05) is 32.9 Å². The molecule has 318 valence electrons. The predicted octanol–water partition coefficient (Wildman–Crippen LogP) is 17.9. The molecule has 0 aliphatic carbocycles. The van der Waals surface area contributed by atoms with Crippen molar-refractivity contribution in [3.63, 3.8) is 0 Å². The van der Waals surface area contributed by atoms with E-state index in [1.807, 2.05) is 0 Å². The van der Waals surface area contributed by atoms with Crippen LogP contribution < -0.4 is 0 Å². The van der Waals surface area contributed by atoms with Gasteiger partial charge in [-0.3, -0.25) is 0 Å². The Morgan fingerprint density at radius 1 is 0.176 bits per heavy atom. The lowest BCUT2D eigenvalue weighted by Crippen LogP contribution is -1.94. The zero-order valence-electron chi connectivity index (χ0n) is 37.3. The van der Waals surface area contributed by atoms with Crippen LogP contribution in [0.25, 0.3) is 122 Å². The van der Waals surface area contributed by atoms with Crippen LogP contribution in [0, 0.1) is 0 Å². The van der Waals surface area contributed by atoms with Crippen molar-refractivity contribution in [1.29, 1.82) is 0 Å². The molecule has 11 aromatic carbocycles. The second-order valence-corrected chi connectivity index (χ2v) is 17.6. The molecule has 0 unspecified atom stereocenters. The van der Waals surface area contributed by atoms with E-state index in [2.05, 4.69) is 276 Å². The van der Waals surface area contributed by atoms with Crippen molar-refractivity contribution >= 4 is 43.6 Å². The maximum atomic E-state index is 2.41. The SMILES string of the molecule is c1ccc(-c2ccc3c(c2)c2cc(-c4ccccc4-c4ccccc4-c4ccccc4-c4ccccc4-c4ccc5c(c4)c4ccccc4n5-c4ccccc4)ccc2n3-c2ccccc2)cc1. The summed E-state index contributed by atoms with van der Waals surface area (Å²) in [5, 5.41) is 4.95. The summed E-state index contributed by atoms with van der Waals surface area (Å²) >= 11 is 0. The number of fused-ring (bicyclic) bond motifs is 6. The summed E-state index contributed by atoms with van der Waals surface area (Å²) in [6.07, 6.45) is 0. The molecule has 13 rings (SSSR count). The Bertz CT molecular complexity index is 4010. The molecule has 0 amide bonds. The molecule has 0 spiro atoms. The summed E-state index contributed by atoms with van der Waals surface area (Å²) in [7, 11) is 0. The van der Waals surface area contributed by atoms with Gasteiger partial charge in [0.05, 0.1) is 22.1 Å². The van der Waals surface area contributed by atoms with Gasteiger partial charge < -0.3 is 9.13 Å². The van der Waals surface area contributed by atoms with E-state index in [0.717, 1.165) is 11.4 Å². The number of hydrogen-bond donors (Lipinski definition) is 0. The van der Waals surface area contributed by atoms with E-state index in [9.17, 15) is 0 Å². The highest BCUT2D eigenvalue weighted by atomic mass is 15.0. The van der Waals surface area contributed by atoms with Crippen LogP contribution in [0.4, 0.5) is 0 Å². The fourth-order valence-corrected chi connectivity index (χ4v) is 10.7. The molecule has 0 saturated carbocycles. The van der Waals surface area contributed by atoms with E-state index in [-0.39, 0.29) is 0 Å². The first kappa shape index (κ1) is 39.4. The molecule has 2 heteroatoms. The van der Waals surface area contributed by atoms with E-state index in [0.29, 0.717) is 0 Å². The van der Waals surface area contributed by atoms with Crippen LogP contribution in [0.5, 0.6) is 0 Å². The van der Waals surface area contributed by atoms with Crippen LogP contribution in [0.2, 0.25) is 0 Å². The largest absolute Gasteiger partial charge is 0.309 e. The van der Waals surface area contributed by atoms with Gasteiger partial charge in [-0.2, -0.15) is 0 Å². The molecule has 0 aliphatic heterocycles. The summed E-state index contributed by atoms with van der Waals surface area (Å²) in [5.41, 5.74) is 21.5. The van der Waals surface area contributed by atoms with Crippen molar-refractivity contribution in [2.45, 2.75) is 0 Å². The molecule has 2 heterocycles. The molecular formula is C66H44N2. The first-order chi connectivity index (χ1) is 33.8. The van der Waals surface area contributed by atoms with Crippen molar-refractivity contribution in [2.24, 2.45) is 0 Å². The molecule has 2 nitrogen and oxygen atoms in total. The molecule has 13 aromatic rings. The Kier molecular flexibility index (Phi) is 9.54. The minimum atomic E-state index is 1.15. The molecule has 2 aromatic heterocycles. The lowest BCUT2D eigenvalue weighted by molar-refractivity contribution is 1.18. The molecule has 0 fully saturated rings. The van der Waals surface area contributed by atoms with Crippen LogP contribution in [0.3, 0.4) is 0 Å². The van der Waals surface area contributed by atoms with Gasteiger partial charge in [0.15, 0.2) is 0 Å². The topological polar surface area (TPSA) is 9.86 Å². The van der Waals surface area contributed by atoms with Crippen LogP contribution >= 0.6 is 0 Å². The maximum Gasteiger partial charge on any atom is 0.0541 e. The first-order valence-electron chi connectivity index (χ1n) is 23.4. The third-order valence-electron chi connectivity index (χ3n) is 13.8. The van der Waals surface area contributed by atoms with Crippen molar-refractivity contribution in [3.8, 4) is 78.1 Å². The summed E-state index contributed by atoms with van der Waals surface area (Å²) in [4.78, 5) is 0. The van der Waals surface area contributed by atoms with Gasteiger partial charge in [0.1, 0.15) is 0 Å². The van der Waals surface area contributed by atoms with Gasteiger partial charge in [-0.05, 0) is 133 Å². The van der Waals surface area contributed by atoms with Gasteiger partial charge in [-0.15, -0.1) is 0 Å². The molecular weight excluding hydrogens is 821 g/mol. The van der Waals surface area contributed by atoms with Gasteiger partial charge in [-0.1, -0.05) is 200 Å². The van der Waals surface area contributed by atoms with Crippen molar-refractivity contribution < 1.29 is 0 Å². The van der Waals surface area contributed by atoms with Crippen LogP contribution in [-0.2, 0) is 0 Å². The molecule has 0 bridgehead atoms. The fourth-order valence-electron chi connectivity index (χ4n) is 10.7. The van der Waals surface area contributed by atoms with Crippen molar-refractivity contribution in [2.75, 3.05) is 0 Å². The third kappa shape index (κ3) is 6.57. The van der Waals surface area contributed by atoms with Crippen molar-refractivity contribution in [3.05, 3.63) is 267 Å². The number of rotatable bonds is 8. The second-order valence-electron chi connectivity index (χ2n) is 17.6. The normalized spacial score (nSPS) is 11.5. The number of nitrogens with zero attached hydrogens (tertiary/aromatic N) is 2. The Hall–Kier alpha value is -8.98. The average Bonchev–Trinajstić information content (AvgIpc) is 3.93. The Balaban J connectivity index is 0.948. The van der Waals surface area contributed by atoms with Crippen LogP contribution in [0.15, 0.2) is 267 Å². The lowest BCUT2D eigenvalue weighted by Gasteiger charge is -2.19. The average molecular weight is 865 g/mol. The molecule has 0 radical (unpaired) electrons. The van der Waals surface area contributed by atoms with Crippen LogP contribution in [-0.4, -0.2) is 9.13 Å². The highest BCUT2D eigenvalue weighted by Crippen LogP contribution is 2.45.